The number of carbonyl (C=O) groups is 2. The molecule has 0 bridgehead atoms. The first kappa shape index (κ1) is 18.5. The molecule has 1 aliphatic rings. The lowest BCUT2D eigenvalue weighted by atomic mass is 10.2. The first-order valence-corrected chi connectivity index (χ1v) is 8.69. The highest BCUT2D eigenvalue weighted by atomic mass is 35.5. The number of anilines is 1. The summed E-state index contributed by atoms with van der Waals surface area (Å²) in [5, 5.41) is 5.83. The van der Waals surface area contributed by atoms with E-state index < -0.39 is 6.03 Å². The molecular weight excluding hydrogens is 328 g/mol. The molecule has 2 N–H and O–H groups in total. The van der Waals surface area contributed by atoms with Crippen LogP contribution < -0.4 is 15.5 Å². The topological polar surface area (TPSA) is 64.7 Å². The van der Waals surface area contributed by atoms with Crippen LogP contribution >= 0.6 is 11.6 Å². The number of urea groups is 1. The molecule has 0 aliphatic carbocycles. The number of imide groups is 1. The number of nitrogens with zero attached hydrogens (tertiary/aromatic N) is 2. The minimum atomic E-state index is -0.424. The quantitative estimate of drug-likeness (QED) is 0.851. The average Bonchev–Trinajstić information content (AvgIpc) is 2.55. The molecule has 7 heteroatoms. The van der Waals surface area contributed by atoms with Crippen molar-refractivity contribution in [3.05, 3.63) is 29.3 Å². The van der Waals surface area contributed by atoms with Gasteiger partial charge in [-0.05, 0) is 31.5 Å². The van der Waals surface area contributed by atoms with Gasteiger partial charge >= 0.3 is 6.03 Å². The Balaban J connectivity index is 1.74. The van der Waals surface area contributed by atoms with Crippen molar-refractivity contribution < 1.29 is 9.59 Å². The van der Waals surface area contributed by atoms with Crippen LogP contribution in [0.4, 0.5) is 10.5 Å². The van der Waals surface area contributed by atoms with E-state index in [0.29, 0.717) is 0 Å². The zero-order valence-corrected chi connectivity index (χ0v) is 15.0. The first-order valence-electron chi connectivity index (χ1n) is 8.31. The molecule has 1 heterocycles. The van der Waals surface area contributed by atoms with E-state index in [-0.39, 0.29) is 18.5 Å². The lowest BCUT2D eigenvalue weighted by molar-refractivity contribution is -0.121. The third-order valence-corrected chi connectivity index (χ3v) is 4.39. The third-order valence-electron chi connectivity index (χ3n) is 4.16. The first-order chi connectivity index (χ1) is 11.5. The second-order valence-corrected chi connectivity index (χ2v) is 6.51. The summed E-state index contributed by atoms with van der Waals surface area (Å²) in [6, 6.07) is 7.41. The minimum Gasteiger partial charge on any atom is -0.369 e. The van der Waals surface area contributed by atoms with Crippen molar-refractivity contribution in [2.24, 2.45) is 0 Å². The monoisotopic (exact) mass is 352 g/mol. The smallest absolute Gasteiger partial charge is 0.321 e. The van der Waals surface area contributed by atoms with Gasteiger partial charge in [-0.15, -0.1) is 0 Å². The molecule has 0 saturated carbocycles. The van der Waals surface area contributed by atoms with Crippen LogP contribution in [-0.4, -0.2) is 55.6 Å². The van der Waals surface area contributed by atoms with Gasteiger partial charge in [0.2, 0.25) is 5.91 Å². The van der Waals surface area contributed by atoms with E-state index in [9.17, 15) is 9.59 Å². The predicted molar refractivity (Wildman–Crippen MR) is 96.5 cm³/mol. The molecule has 1 fully saturated rings. The van der Waals surface area contributed by atoms with Crippen molar-refractivity contribution in [1.29, 1.82) is 0 Å². The van der Waals surface area contributed by atoms with Crippen LogP contribution in [0.25, 0.3) is 0 Å². The Morgan fingerprint density at radius 2 is 1.96 bits per heavy atom. The number of nitrogens with one attached hydrogen (secondary N) is 2. The number of benzene rings is 1. The van der Waals surface area contributed by atoms with Gasteiger partial charge in [-0.2, -0.15) is 0 Å². The maximum absolute atomic E-state index is 11.9. The van der Waals surface area contributed by atoms with E-state index in [2.05, 4.69) is 15.5 Å². The van der Waals surface area contributed by atoms with Crippen molar-refractivity contribution in [2.45, 2.75) is 26.3 Å². The van der Waals surface area contributed by atoms with Crippen LogP contribution in [0, 0.1) is 0 Å². The number of carbonyl (C=O) groups excluding carboxylic acids is 2. The minimum absolute atomic E-state index is 0.0547. The van der Waals surface area contributed by atoms with Crippen LogP contribution in [0.2, 0.25) is 5.02 Å². The van der Waals surface area contributed by atoms with E-state index in [4.69, 9.17) is 11.6 Å². The molecule has 24 heavy (non-hydrogen) atoms. The standard InChI is InChI=1S/C17H25ClN4O2/c1-3-13(2)19-17(24)20-16(23)12-21-7-9-22(10-8-21)15-6-4-5-14(18)11-15/h4-6,11,13H,3,7-10,12H2,1-2H3,(H2,19,20,23,24)/t13-/m1/s1. The molecule has 0 unspecified atom stereocenters. The summed E-state index contributed by atoms with van der Waals surface area (Å²) in [6.45, 7) is 7.31. The maximum Gasteiger partial charge on any atom is 0.321 e. The molecule has 6 nitrogen and oxygen atoms in total. The summed E-state index contributed by atoms with van der Waals surface area (Å²) in [5.74, 6) is -0.271. The summed E-state index contributed by atoms with van der Waals surface area (Å²) in [6.07, 6.45) is 0.826. The number of amides is 3. The highest BCUT2D eigenvalue weighted by Gasteiger charge is 2.20. The number of hydrogen-bond acceptors (Lipinski definition) is 4. The van der Waals surface area contributed by atoms with Gasteiger partial charge < -0.3 is 10.2 Å². The Bertz CT molecular complexity index is 573. The van der Waals surface area contributed by atoms with Crippen molar-refractivity contribution in [3.63, 3.8) is 0 Å². The molecule has 1 aliphatic heterocycles. The van der Waals surface area contributed by atoms with Crippen molar-refractivity contribution in [3.8, 4) is 0 Å². The van der Waals surface area contributed by atoms with E-state index >= 15 is 0 Å². The van der Waals surface area contributed by atoms with Gasteiger partial charge in [0, 0.05) is 42.9 Å². The molecule has 1 atom stereocenters. The van der Waals surface area contributed by atoms with Crippen LogP contribution in [0.1, 0.15) is 20.3 Å². The number of piperazine rings is 1. The second kappa shape index (κ2) is 8.89. The van der Waals surface area contributed by atoms with Gasteiger partial charge in [0.25, 0.3) is 0 Å². The third kappa shape index (κ3) is 5.69. The Kier molecular flexibility index (Phi) is 6.87. The van der Waals surface area contributed by atoms with Crippen molar-refractivity contribution in [1.82, 2.24) is 15.5 Å². The Labute approximate surface area is 148 Å². The van der Waals surface area contributed by atoms with Crippen molar-refractivity contribution in [2.75, 3.05) is 37.6 Å². The van der Waals surface area contributed by atoms with Crippen molar-refractivity contribution >= 4 is 29.2 Å². The highest BCUT2D eigenvalue weighted by molar-refractivity contribution is 6.30. The molecule has 132 valence electrons. The predicted octanol–water partition coefficient (Wildman–Crippen LogP) is 2.09. The van der Waals surface area contributed by atoms with E-state index in [1.165, 1.54) is 0 Å². The van der Waals surface area contributed by atoms with Gasteiger partial charge in [-0.1, -0.05) is 24.6 Å². The Morgan fingerprint density at radius 3 is 2.58 bits per heavy atom. The fourth-order valence-corrected chi connectivity index (χ4v) is 2.75. The molecular formula is C17H25ClN4O2. The summed E-state index contributed by atoms with van der Waals surface area (Å²) in [7, 11) is 0. The zero-order chi connectivity index (χ0) is 17.5. The fraction of sp³-hybridized carbons (Fsp3) is 0.529. The molecule has 2 rings (SSSR count). The highest BCUT2D eigenvalue weighted by Crippen LogP contribution is 2.20. The molecule has 3 amide bonds. The van der Waals surface area contributed by atoms with Gasteiger partial charge in [0.15, 0.2) is 0 Å². The fourth-order valence-electron chi connectivity index (χ4n) is 2.57. The molecule has 0 radical (unpaired) electrons. The lowest BCUT2D eigenvalue weighted by Gasteiger charge is -2.35. The van der Waals surface area contributed by atoms with E-state index in [1.807, 2.05) is 43.0 Å². The molecule has 1 aromatic carbocycles. The average molecular weight is 353 g/mol. The van der Waals surface area contributed by atoms with Gasteiger partial charge in [-0.3, -0.25) is 15.0 Å². The van der Waals surface area contributed by atoms with Gasteiger partial charge in [0.1, 0.15) is 0 Å². The second-order valence-electron chi connectivity index (χ2n) is 6.07. The molecule has 0 aromatic heterocycles. The SMILES string of the molecule is CC[C@@H](C)NC(=O)NC(=O)CN1CCN(c2cccc(Cl)c2)CC1. The largest absolute Gasteiger partial charge is 0.369 e. The normalized spacial score (nSPS) is 16.5. The summed E-state index contributed by atoms with van der Waals surface area (Å²) in [4.78, 5) is 27.9. The van der Waals surface area contributed by atoms with Crippen LogP contribution in [0.15, 0.2) is 24.3 Å². The molecule has 1 aromatic rings. The molecule has 1 saturated heterocycles. The Hall–Kier alpha value is -1.79. The maximum atomic E-state index is 11.9. The van der Waals surface area contributed by atoms with E-state index in [0.717, 1.165) is 43.3 Å². The lowest BCUT2D eigenvalue weighted by Crippen LogP contribution is -2.51. The number of rotatable bonds is 5. The van der Waals surface area contributed by atoms with Crippen LogP contribution in [-0.2, 0) is 4.79 Å². The summed E-state index contributed by atoms with van der Waals surface area (Å²) >= 11 is 6.03. The number of hydrogen-bond donors (Lipinski definition) is 2. The van der Waals surface area contributed by atoms with Gasteiger partial charge in [0.05, 0.1) is 6.54 Å². The Morgan fingerprint density at radius 1 is 1.25 bits per heavy atom. The van der Waals surface area contributed by atoms with Crippen LogP contribution in [0.5, 0.6) is 0 Å². The summed E-state index contributed by atoms with van der Waals surface area (Å²) in [5.41, 5.74) is 1.10. The van der Waals surface area contributed by atoms with E-state index in [1.54, 1.807) is 0 Å². The van der Waals surface area contributed by atoms with Gasteiger partial charge in [-0.25, -0.2) is 4.79 Å². The molecule has 0 spiro atoms. The summed E-state index contributed by atoms with van der Waals surface area (Å²) < 4.78 is 0. The van der Waals surface area contributed by atoms with Crippen LogP contribution in [0.3, 0.4) is 0 Å². The zero-order valence-electron chi connectivity index (χ0n) is 14.2. The number of halogens is 1.